The number of nitrogens with one attached hydrogen (secondary N) is 2. The molecule has 156 valence electrons. The van der Waals surface area contributed by atoms with Gasteiger partial charge in [0.15, 0.2) is 17.5 Å². The molecule has 0 radical (unpaired) electrons. The van der Waals surface area contributed by atoms with E-state index in [1.54, 1.807) is 26.3 Å². The van der Waals surface area contributed by atoms with E-state index in [4.69, 9.17) is 15.2 Å². The predicted molar refractivity (Wildman–Crippen MR) is 116 cm³/mol. The van der Waals surface area contributed by atoms with Gasteiger partial charge in [-0.05, 0) is 55.2 Å². The lowest BCUT2D eigenvalue weighted by Gasteiger charge is -2.13. The number of carbonyl (C=O) groups is 1. The van der Waals surface area contributed by atoms with Gasteiger partial charge in [-0.25, -0.2) is 0 Å². The Morgan fingerprint density at radius 1 is 1.10 bits per heavy atom. The molecule has 0 atom stereocenters. The van der Waals surface area contributed by atoms with Gasteiger partial charge in [0.2, 0.25) is 5.91 Å². The van der Waals surface area contributed by atoms with E-state index in [-0.39, 0.29) is 0 Å². The molecular formula is C22H30N4O3. The minimum Gasteiger partial charge on any atom is -0.493 e. The highest BCUT2D eigenvalue weighted by molar-refractivity contribution is 5.92. The fraction of sp³-hybridized carbons (Fsp3) is 0.364. The number of aryl methyl sites for hydroxylation is 1. The number of hydrogen-bond acceptors (Lipinski definition) is 4. The van der Waals surface area contributed by atoms with Crippen LogP contribution in [0.1, 0.15) is 34.8 Å². The molecule has 0 saturated carbocycles. The number of benzene rings is 2. The summed E-state index contributed by atoms with van der Waals surface area (Å²) >= 11 is 0. The molecule has 2 rings (SSSR count). The first kappa shape index (κ1) is 22.1. The number of carbonyl (C=O) groups excluding carboxylic acids is 1. The summed E-state index contributed by atoms with van der Waals surface area (Å²) < 4.78 is 11.0. The zero-order valence-corrected chi connectivity index (χ0v) is 17.3. The van der Waals surface area contributed by atoms with E-state index in [1.807, 2.05) is 31.2 Å². The average molecular weight is 399 g/mol. The third-order valence-corrected chi connectivity index (χ3v) is 4.36. The fourth-order valence-corrected chi connectivity index (χ4v) is 2.89. The van der Waals surface area contributed by atoms with Crippen molar-refractivity contribution in [3.8, 4) is 11.5 Å². The maximum Gasteiger partial charge on any atom is 0.248 e. The van der Waals surface area contributed by atoms with Crippen LogP contribution in [0.15, 0.2) is 47.5 Å². The molecule has 0 bridgehead atoms. The number of guanidine groups is 1. The average Bonchev–Trinajstić information content (AvgIpc) is 2.74. The Morgan fingerprint density at radius 2 is 1.93 bits per heavy atom. The topological polar surface area (TPSA) is 98.0 Å². The number of ether oxygens (including phenoxy) is 2. The molecule has 2 aromatic rings. The van der Waals surface area contributed by atoms with Gasteiger partial charge in [0, 0.05) is 25.7 Å². The van der Waals surface area contributed by atoms with E-state index in [1.165, 1.54) is 5.56 Å². The Hall–Kier alpha value is -3.22. The van der Waals surface area contributed by atoms with Gasteiger partial charge in [-0.2, -0.15) is 0 Å². The Balaban J connectivity index is 1.79. The molecule has 0 aromatic heterocycles. The monoisotopic (exact) mass is 398 g/mol. The van der Waals surface area contributed by atoms with Crippen molar-refractivity contribution in [3.63, 3.8) is 0 Å². The van der Waals surface area contributed by atoms with Gasteiger partial charge in [0.25, 0.3) is 0 Å². The number of primary amides is 1. The van der Waals surface area contributed by atoms with Crippen molar-refractivity contribution < 1.29 is 14.3 Å². The van der Waals surface area contributed by atoms with Crippen LogP contribution in [0.5, 0.6) is 11.5 Å². The largest absolute Gasteiger partial charge is 0.493 e. The summed E-state index contributed by atoms with van der Waals surface area (Å²) in [6.07, 6.45) is 1.85. The minimum atomic E-state index is -0.430. The number of methoxy groups -OCH3 is 1. The van der Waals surface area contributed by atoms with Crippen LogP contribution >= 0.6 is 0 Å². The third-order valence-electron chi connectivity index (χ3n) is 4.36. The molecule has 4 N–H and O–H groups in total. The molecule has 0 saturated heterocycles. The van der Waals surface area contributed by atoms with Crippen LogP contribution in [0.2, 0.25) is 0 Å². The highest BCUT2D eigenvalue weighted by atomic mass is 16.5. The van der Waals surface area contributed by atoms with Crippen LogP contribution in [0.3, 0.4) is 0 Å². The summed E-state index contributed by atoms with van der Waals surface area (Å²) in [5, 5.41) is 6.54. The predicted octanol–water partition coefficient (Wildman–Crippen LogP) is 2.49. The highest BCUT2D eigenvalue weighted by Crippen LogP contribution is 2.28. The second-order valence-electron chi connectivity index (χ2n) is 6.44. The van der Waals surface area contributed by atoms with E-state index < -0.39 is 5.91 Å². The van der Waals surface area contributed by atoms with Crippen molar-refractivity contribution in [2.45, 2.75) is 26.3 Å². The lowest BCUT2D eigenvalue weighted by Crippen LogP contribution is -2.37. The quantitative estimate of drug-likeness (QED) is 0.324. The Kier molecular flexibility index (Phi) is 8.82. The second kappa shape index (κ2) is 11.6. The Labute approximate surface area is 172 Å². The number of aliphatic imine (C=N–C) groups is 1. The molecule has 7 heteroatoms. The van der Waals surface area contributed by atoms with Crippen molar-refractivity contribution in [1.82, 2.24) is 10.6 Å². The van der Waals surface area contributed by atoms with Crippen LogP contribution < -0.4 is 25.8 Å². The maximum atomic E-state index is 11.3. The fourth-order valence-electron chi connectivity index (χ4n) is 2.89. The molecule has 0 spiro atoms. The van der Waals surface area contributed by atoms with Crippen molar-refractivity contribution in [1.29, 1.82) is 0 Å². The number of hydrogen-bond donors (Lipinski definition) is 3. The summed E-state index contributed by atoms with van der Waals surface area (Å²) in [6.45, 7) is 3.89. The summed E-state index contributed by atoms with van der Waals surface area (Å²) in [7, 11) is 3.37. The van der Waals surface area contributed by atoms with Gasteiger partial charge in [0.1, 0.15) is 0 Å². The molecule has 0 aliphatic carbocycles. The van der Waals surface area contributed by atoms with Crippen LogP contribution in [0.4, 0.5) is 0 Å². The first-order valence-corrected chi connectivity index (χ1v) is 9.70. The lowest BCUT2D eigenvalue weighted by molar-refractivity contribution is 0.1000. The maximum absolute atomic E-state index is 11.3. The van der Waals surface area contributed by atoms with Crippen LogP contribution in [0, 0.1) is 0 Å². The smallest absolute Gasteiger partial charge is 0.248 e. The van der Waals surface area contributed by atoms with Gasteiger partial charge < -0.3 is 25.8 Å². The molecule has 0 heterocycles. The lowest BCUT2D eigenvalue weighted by atomic mass is 10.1. The van der Waals surface area contributed by atoms with Gasteiger partial charge in [-0.1, -0.05) is 18.2 Å². The van der Waals surface area contributed by atoms with Crippen molar-refractivity contribution >= 4 is 11.9 Å². The minimum absolute atomic E-state index is 0.430. The number of nitrogens with two attached hydrogens (primary N) is 1. The van der Waals surface area contributed by atoms with Gasteiger partial charge >= 0.3 is 0 Å². The number of nitrogens with zero attached hydrogens (tertiary/aromatic N) is 1. The SMILES string of the molecule is CCOc1cc(CCCNC(=NC)NCc2cccc(C(N)=O)c2)ccc1OC. The summed E-state index contributed by atoms with van der Waals surface area (Å²) in [5.41, 5.74) is 7.98. The van der Waals surface area contributed by atoms with E-state index in [0.717, 1.165) is 36.4 Å². The molecule has 1 amide bonds. The van der Waals surface area contributed by atoms with Crippen LogP contribution in [-0.2, 0) is 13.0 Å². The van der Waals surface area contributed by atoms with Crippen molar-refractivity contribution in [2.24, 2.45) is 10.7 Å². The number of rotatable bonds is 10. The summed E-state index contributed by atoms with van der Waals surface area (Å²) in [6, 6.07) is 13.3. The molecule has 0 fully saturated rings. The van der Waals surface area contributed by atoms with E-state index in [2.05, 4.69) is 21.7 Å². The number of amides is 1. The van der Waals surface area contributed by atoms with Gasteiger partial charge in [0.05, 0.1) is 13.7 Å². The summed E-state index contributed by atoms with van der Waals surface area (Å²) in [5.74, 6) is 1.80. The van der Waals surface area contributed by atoms with Crippen molar-refractivity contribution in [2.75, 3.05) is 27.3 Å². The summed E-state index contributed by atoms with van der Waals surface area (Å²) in [4.78, 5) is 15.5. The van der Waals surface area contributed by atoms with Gasteiger partial charge in [-0.3, -0.25) is 9.79 Å². The zero-order chi connectivity index (χ0) is 21.1. The molecule has 0 unspecified atom stereocenters. The zero-order valence-electron chi connectivity index (χ0n) is 17.3. The highest BCUT2D eigenvalue weighted by Gasteiger charge is 2.06. The normalized spacial score (nSPS) is 11.1. The van der Waals surface area contributed by atoms with Gasteiger partial charge in [-0.15, -0.1) is 0 Å². The van der Waals surface area contributed by atoms with Crippen molar-refractivity contribution in [3.05, 3.63) is 59.2 Å². The molecular weight excluding hydrogens is 368 g/mol. The first-order valence-electron chi connectivity index (χ1n) is 9.70. The third kappa shape index (κ3) is 7.03. The van der Waals surface area contributed by atoms with E-state index >= 15 is 0 Å². The first-order chi connectivity index (χ1) is 14.1. The van der Waals surface area contributed by atoms with E-state index in [0.29, 0.717) is 24.7 Å². The molecule has 0 aliphatic heterocycles. The van der Waals surface area contributed by atoms with E-state index in [9.17, 15) is 4.79 Å². The molecule has 0 aliphatic rings. The van der Waals surface area contributed by atoms with Crippen LogP contribution in [-0.4, -0.2) is 39.2 Å². The molecule has 7 nitrogen and oxygen atoms in total. The Bertz CT molecular complexity index is 837. The Morgan fingerprint density at radius 3 is 2.62 bits per heavy atom. The second-order valence-corrected chi connectivity index (χ2v) is 6.44. The standard InChI is InChI=1S/C22H30N4O3/c1-4-29-20-14-16(10-11-19(20)28-3)8-6-12-25-22(24-2)26-15-17-7-5-9-18(13-17)21(23)27/h5,7,9-11,13-14H,4,6,8,12,15H2,1-3H3,(H2,23,27)(H2,24,25,26). The molecule has 29 heavy (non-hydrogen) atoms. The van der Waals surface area contributed by atoms with Crippen LogP contribution in [0.25, 0.3) is 0 Å². The molecule has 2 aromatic carbocycles.